The molecule has 3 heterocycles. The molecular formula is C19H21N5O2. The lowest BCUT2D eigenvalue weighted by molar-refractivity contribution is 0.571. The molecule has 0 aliphatic carbocycles. The van der Waals surface area contributed by atoms with E-state index in [0.717, 1.165) is 11.4 Å². The third-order valence-corrected chi connectivity index (χ3v) is 3.89. The van der Waals surface area contributed by atoms with E-state index in [9.17, 15) is 9.59 Å². The zero-order valence-corrected chi connectivity index (χ0v) is 15.2. The molecule has 0 atom stereocenters. The number of imidazole rings is 1. The summed E-state index contributed by atoms with van der Waals surface area (Å²) in [7, 11) is 0. The molecule has 0 saturated heterocycles. The van der Waals surface area contributed by atoms with Gasteiger partial charge in [0.25, 0.3) is 11.1 Å². The molecule has 0 spiro atoms. The molecule has 0 aliphatic rings. The molecule has 3 rings (SSSR count). The lowest BCUT2D eigenvalue weighted by Crippen LogP contribution is -2.46. The Labute approximate surface area is 149 Å². The van der Waals surface area contributed by atoms with Crippen LogP contribution in [0.25, 0.3) is 12.2 Å². The Bertz CT molecular complexity index is 1180. The van der Waals surface area contributed by atoms with Gasteiger partial charge < -0.3 is 15.0 Å². The standard InChI is InChI=1S/C19H21N5O2/c1-11-6-5-7-12(22-11)8-14-17(25)24-15(18(26)23-14)9-13-16(19(2,3)4)21-10-20-13/h5-10H,1-4H3,(H,20,21)(H,23,26)(H,24,25)/b14-8-,15-9-. The number of pyridine rings is 1. The lowest BCUT2D eigenvalue weighted by atomic mass is 9.90. The van der Waals surface area contributed by atoms with Crippen LogP contribution in [0.15, 0.2) is 34.1 Å². The first-order chi connectivity index (χ1) is 12.2. The van der Waals surface area contributed by atoms with Crippen LogP contribution in [-0.2, 0) is 5.41 Å². The largest absolute Gasteiger partial charge is 0.348 e. The summed E-state index contributed by atoms with van der Waals surface area (Å²) in [5.41, 5.74) is 1.98. The maximum absolute atomic E-state index is 12.4. The average molecular weight is 351 g/mol. The predicted octanol–water partition coefficient (Wildman–Crippen LogP) is 0.445. The van der Waals surface area contributed by atoms with Crippen molar-refractivity contribution in [3.8, 4) is 0 Å². The number of H-pyrrole nitrogens is 3. The van der Waals surface area contributed by atoms with Crippen molar-refractivity contribution in [1.82, 2.24) is 24.9 Å². The van der Waals surface area contributed by atoms with Crippen molar-refractivity contribution in [3.05, 3.63) is 78.7 Å². The number of rotatable bonds is 2. The van der Waals surface area contributed by atoms with Crippen LogP contribution in [-0.4, -0.2) is 24.9 Å². The van der Waals surface area contributed by atoms with E-state index in [1.54, 1.807) is 24.5 Å². The minimum atomic E-state index is -0.397. The number of aryl methyl sites for hydroxylation is 1. The van der Waals surface area contributed by atoms with Gasteiger partial charge >= 0.3 is 0 Å². The van der Waals surface area contributed by atoms with Gasteiger partial charge in [-0.15, -0.1) is 0 Å². The third kappa shape index (κ3) is 3.72. The van der Waals surface area contributed by atoms with Crippen molar-refractivity contribution < 1.29 is 0 Å². The first-order valence-electron chi connectivity index (χ1n) is 8.27. The molecule has 0 saturated carbocycles. The van der Waals surface area contributed by atoms with Crippen LogP contribution in [0, 0.1) is 6.92 Å². The molecule has 7 nitrogen and oxygen atoms in total. The van der Waals surface area contributed by atoms with Crippen LogP contribution in [0.4, 0.5) is 0 Å². The van der Waals surface area contributed by atoms with Gasteiger partial charge in [0.15, 0.2) is 0 Å². The van der Waals surface area contributed by atoms with E-state index >= 15 is 0 Å². The maximum Gasteiger partial charge on any atom is 0.272 e. The Kier molecular flexibility index (Phi) is 4.46. The summed E-state index contributed by atoms with van der Waals surface area (Å²) < 4.78 is 0. The maximum atomic E-state index is 12.4. The molecule has 0 fully saturated rings. The van der Waals surface area contributed by atoms with Crippen LogP contribution in [0.2, 0.25) is 0 Å². The van der Waals surface area contributed by atoms with Crippen LogP contribution in [0.5, 0.6) is 0 Å². The van der Waals surface area contributed by atoms with E-state index in [4.69, 9.17) is 0 Å². The predicted molar refractivity (Wildman–Crippen MR) is 100 cm³/mol. The van der Waals surface area contributed by atoms with Crippen LogP contribution < -0.4 is 21.8 Å². The van der Waals surface area contributed by atoms with Gasteiger partial charge in [0.05, 0.1) is 17.7 Å². The summed E-state index contributed by atoms with van der Waals surface area (Å²) in [4.78, 5) is 41.6. The second-order valence-electron chi connectivity index (χ2n) is 7.14. The summed E-state index contributed by atoms with van der Waals surface area (Å²) in [6.07, 6.45) is 4.70. The Balaban J connectivity index is 2.14. The van der Waals surface area contributed by atoms with Gasteiger partial charge in [0.1, 0.15) is 10.7 Å². The van der Waals surface area contributed by atoms with Crippen molar-refractivity contribution in [2.75, 3.05) is 0 Å². The van der Waals surface area contributed by atoms with Crippen LogP contribution >= 0.6 is 0 Å². The molecule has 134 valence electrons. The third-order valence-electron chi connectivity index (χ3n) is 3.89. The molecule has 0 aromatic carbocycles. The zero-order chi connectivity index (χ0) is 18.9. The topological polar surface area (TPSA) is 107 Å². The highest BCUT2D eigenvalue weighted by molar-refractivity contribution is 5.48. The Hall–Kier alpha value is -3.22. The fourth-order valence-corrected chi connectivity index (χ4v) is 2.64. The second kappa shape index (κ2) is 6.59. The summed E-state index contributed by atoms with van der Waals surface area (Å²) in [6, 6.07) is 5.47. The molecule has 0 radical (unpaired) electrons. The molecule has 0 amide bonds. The molecule has 0 unspecified atom stereocenters. The highest BCUT2D eigenvalue weighted by Crippen LogP contribution is 2.22. The molecule has 3 aromatic heterocycles. The molecule has 3 aromatic rings. The molecule has 3 N–H and O–H groups in total. The van der Waals surface area contributed by atoms with Gasteiger partial charge in [0.2, 0.25) is 0 Å². The summed E-state index contributed by atoms with van der Waals surface area (Å²) in [6.45, 7) is 7.98. The first-order valence-corrected chi connectivity index (χ1v) is 8.27. The van der Waals surface area contributed by atoms with E-state index in [-0.39, 0.29) is 16.1 Å². The van der Waals surface area contributed by atoms with E-state index in [2.05, 4.69) is 24.9 Å². The highest BCUT2D eigenvalue weighted by Gasteiger charge is 2.19. The number of hydrogen-bond donors (Lipinski definition) is 3. The lowest BCUT2D eigenvalue weighted by Gasteiger charge is -2.16. The van der Waals surface area contributed by atoms with Crippen molar-refractivity contribution in [1.29, 1.82) is 0 Å². The number of nitrogens with zero attached hydrogens (tertiary/aromatic N) is 2. The van der Waals surface area contributed by atoms with Gasteiger partial charge in [-0.25, -0.2) is 4.98 Å². The fourth-order valence-electron chi connectivity index (χ4n) is 2.64. The zero-order valence-electron chi connectivity index (χ0n) is 15.2. The van der Waals surface area contributed by atoms with Gasteiger partial charge in [-0.05, 0) is 31.2 Å². The second-order valence-corrected chi connectivity index (χ2v) is 7.14. The summed E-state index contributed by atoms with van der Waals surface area (Å²) >= 11 is 0. The van der Waals surface area contributed by atoms with Crippen LogP contribution in [0.1, 0.15) is 43.5 Å². The average Bonchev–Trinajstić information content (AvgIpc) is 3.01. The van der Waals surface area contributed by atoms with E-state index in [1.807, 2.05) is 39.8 Å². The van der Waals surface area contributed by atoms with Crippen molar-refractivity contribution in [3.63, 3.8) is 0 Å². The molecule has 26 heavy (non-hydrogen) atoms. The van der Waals surface area contributed by atoms with Gasteiger partial charge in [-0.1, -0.05) is 26.8 Å². The Morgan fingerprint density at radius 3 is 2.27 bits per heavy atom. The molecule has 7 heteroatoms. The Morgan fingerprint density at radius 1 is 1.00 bits per heavy atom. The Morgan fingerprint density at radius 2 is 1.65 bits per heavy atom. The van der Waals surface area contributed by atoms with Crippen molar-refractivity contribution in [2.45, 2.75) is 33.1 Å². The number of aromatic nitrogens is 5. The quantitative estimate of drug-likeness (QED) is 0.623. The fraction of sp³-hybridized carbons (Fsp3) is 0.263. The van der Waals surface area contributed by atoms with E-state index in [1.165, 1.54) is 0 Å². The first kappa shape index (κ1) is 17.6. The minimum Gasteiger partial charge on any atom is -0.348 e. The van der Waals surface area contributed by atoms with Gasteiger partial charge in [0, 0.05) is 16.8 Å². The van der Waals surface area contributed by atoms with Gasteiger partial charge in [-0.3, -0.25) is 14.6 Å². The highest BCUT2D eigenvalue weighted by atomic mass is 16.1. The summed E-state index contributed by atoms with van der Waals surface area (Å²) in [5.74, 6) is 0. The number of nitrogens with one attached hydrogen (secondary N) is 3. The van der Waals surface area contributed by atoms with Crippen molar-refractivity contribution >= 4 is 12.2 Å². The molecule has 0 aliphatic heterocycles. The molecular weight excluding hydrogens is 330 g/mol. The summed E-state index contributed by atoms with van der Waals surface area (Å²) in [5, 5.41) is 0.310. The smallest absolute Gasteiger partial charge is 0.272 e. The van der Waals surface area contributed by atoms with E-state index < -0.39 is 11.1 Å². The number of hydrogen-bond acceptors (Lipinski definition) is 4. The van der Waals surface area contributed by atoms with Crippen LogP contribution in [0.3, 0.4) is 0 Å². The minimum absolute atomic E-state index is 0.155. The van der Waals surface area contributed by atoms with Crippen molar-refractivity contribution in [2.24, 2.45) is 0 Å². The molecule has 0 bridgehead atoms. The SMILES string of the molecule is Cc1cccc(/C=c2\[nH]c(=O)/c(=C/c3nc[nH]c3C(C)(C)C)[nH]c2=O)n1. The monoisotopic (exact) mass is 351 g/mol. The van der Waals surface area contributed by atoms with Gasteiger partial charge in [-0.2, -0.15) is 0 Å². The normalized spacial score (nSPS) is 13.4. The number of aromatic amines is 3. The van der Waals surface area contributed by atoms with E-state index in [0.29, 0.717) is 11.4 Å².